The molecule has 0 aliphatic heterocycles. The van der Waals surface area contributed by atoms with Crippen LogP contribution < -0.4 is 5.43 Å². The molecule has 6 nitrogen and oxygen atoms in total. The van der Waals surface area contributed by atoms with Crippen molar-refractivity contribution in [3.05, 3.63) is 108 Å². The lowest BCUT2D eigenvalue weighted by Crippen LogP contribution is -2.57. The largest absolute Gasteiger partial charge is 0.481 e. The molecule has 0 heterocycles. The Morgan fingerprint density at radius 2 is 1.29 bits per heavy atom. The SMILES string of the molecule is CCN(N[C@H](CC(=O)O)Cc1ccccc1)[C@@H](Cc1ccccc1)C(=O)N(C)Cc1ccccc1. The molecule has 0 saturated carbocycles. The first kappa shape index (κ1) is 26.1. The van der Waals surface area contributed by atoms with Crippen molar-refractivity contribution in [3.8, 4) is 0 Å². The normalized spacial score (nSPS) is 12.8. The lowest BCUT2D eigenvalue weighted by molar-refractivity contribution is -0.139. The Morgan fingerprint density at radius 1 is 0.800 bits per heavy atom. The van der Waals surface area contributed by atoms with Crippen LogP contribution in [-0.2, 0) is 29.0 Å². The van der Waals surface area contributed by atoms with Crippen LogP contribution in [0, 0.1) is 0 Å². The molecule has 3 aromatic rings. The molecule has 0 saturated heterocycles. The van der Waals surface area contributed by atoms with Crippen LogP contribution in [-0.4, -0.2) is 52.6 Å². The molecule has 6 heteroatoms. The maximum Gasteiger partial charge on any atom is 0.304 e. The number of hydrogen-bond donors (Lipinski definition) is 2. The lowest BCUT2D eigenvalue weighted by atomic mass is 10.0. The van der Waals surface area contributed by atoms with Gasteiger partial charge in [0, 0.05) is 26.2 Å². The monoisotopic (exact) mass is 473 g/mol. The summed E-state index contributed by atoms with van der Waals surface area (Å²) in [6, 6.07) is 28.8. The minimum Gasteiger partial charge on any atom is -0.481 e. The Kier molecular flexibility index (Phi) is 10.0. The van der Waals surface area contributed by atoms with E-state index < -0.39 is 12.0 Å². The fourth-order valence-electron chi connectivity index (χ4n) is 4.27. The molecule has 0 aliphatic carbocycles. The van der Waals surface area contributed by atoms with E-state index in [0.717, 1.165) is 16.7 Å². The number of nitrogens with zero attached hydrogens (tertiary/aromatic N) is 2. The molecule has 3 rings (SSSR count). The average molecular weight is 474 g/mol. The van der Waals surface area contributed by atoms with Crippen LogP contribution in [0.4, 0.5) is 0 Å². The van der Waals surface area contributed by atoms with Crippen LogP contribution in [0.1, 0.15) is 30.0 Å². The van der Waals surface area contributed by atoms with Gasteiger partial charge in [-0.15, -0.1) is 0 Å². The summed E-state index contributed by atoms with van der Waals surface area (Å²) in [7, 11) is 1.82. The van der Waals surface area contributed by atoms with Crippen molar-refractivity contribution in [3.63, 3.8) is 0 Å². The molecule has 35 heavy (non-hydrogen) atoms. The summed E-state index contributed by atoms with van der Waals surface area (Å²) in [6.45, 7) is 3.04. The molecule has 0 spiro atoms. The predicted molar refractivity (Wildman–Crippen MR) is 139 cm³/mol. The van der Waals surface area contributed by atoms with Gasteiger partial charge >= 0.3 is 5.97 Å². The summed E-state index contributed by atoms with van der Waals surface area (Å²) < 4.78 is 0. The number of aliphatic carboxylic acids is 1. The van der Waals surface area contributed by atoms with Gasteiger partial charge in [0.15, 0.2) is 0 Å². The Labute approximate surface area is 208 Å². The molecule has 184 valence electrons. The van der Waals surface area contributed by atoms with Crippen molar-refractivity contribution in [2.75, 3.05) is 13.6 Å². The fraction of sp³-hybridized carbons (Fsp3) is 0.310. The Morgan fingerprint density at radius 3 is 1.77 bits per heavy atom. The molecule has 0 unspecified atom stereocenters. The van der Waals surface area contributed by atoms with Gasteiger partial charge in [-0.05, 0) is 29.5 Å². The summed E-state index contributed by atoms with van der Waals surface area (Å²) in [4.78, 5) is 27.1. The van der Waals surface area contributed by atoms with Gasteiger partial charge in [-0.25, -0.2) is 5.01 Å². The molecule has 0 fully saturated rings. The molecule has 0 aromatic heterocycles. The number of carbonyl (C=O) groups is 2. The first-order valence-electron chi connectivity index (χ1n) is 12.1. The van der Waals surface area contributed by atoms with E-state index in [1.165, 1.54) is 0 Å². The maximum atomic E-state index is 13.7. The third-order valence-corrected chi connectivity index (χ3v) is 6.01. The summed E-state index contributed by atoms with van der Waals surface area (Å²) in [5.74, 6) is -0.887. The number of carboxylic acids is 1. The fourth-order valence-corrected chi connectivity index (χ4v) is 4.27. The van der Waals surface area contributed by atoms with Crippen molar-refractivity contribution in [2.24, 2.45) is 0 Å². The highest BCUT2D eigenvalue weighted by Crippen LogP contribution is 2.15. The molecular weight excluding hydrogens is 438 g/mol. The van der Waals surface area contributed by atoms with Crippen LogP contribution in [0.15, 0.2) is 91.0 Å². The molecule has 2 N–H and O–H groups in total. The minimum atomic E-state index is -0.874. The smallest absolute Gasteiger partial charge is 0.304 e. The highest BCUT2D eigenvalue weighted by molar-refractivity contribution is 5.82. The van der Waals surface area contributed by atoms with E-state index in [0.29, 0.717) is 25.9 Å². The molecule has 1 amide bonds. The third kappa shape index (κ3) is 8.35. The topological polar surface area (TPSA) is 72.9 Å². The van der Waals surface area contributed by atoms with E-state index in [9.17, 15) is 14.7 Å². The van der Waals surface area contributed by atoms with Gasteiger partial charge in [0.05, 0.1) is 6.42 Å². The van der Waals surface area contributed by atoms with Crippen LogP contribution in [0.2, 0.25) is 0 Å². The summed E-state index contributed by atoms with van der Waals surface area (Å²) in [5.41, 5.74) is 6.57. The van der Waals surface area contributed by atoms with Crippen molar-refractivity contribution in [1.29, 1.82) is 0 Å². The number of rotatable bonds is 13. The van der Waals surface area contributed by atoms with Crippen LogP contribution in [0.5, 0.6) is 0 Å². The molecule has 0 aliphatic rings. The van der Waals surface area contributed by atoms with E-state index in [1.807, 2.05) is 110 Å². The quantitative estimate of drug-likeness (QED) is 0.365. The van der Waals surface area contributed by atoms with Crippen LogP contribution in [0.25, 0.3) is 0 Å². The molecule has 0 bridgehead atoms. The summed E-state index contributed by atoms with van der Waals surface area (Å²) in [5, 5.41) is 11.5. The van der Waals surface area contributed by atoms with E-state index in [1.54, 1.807) is 4.90 Å². The first-order chi connectivity index (χ1) is 17.0. The van der Waals surface area contributed by atoms with Crippen LogP contribution >= 0.6 is 0 Å². The van der Waals surface area contributed by atoms with Crippen molar-refractivity contribution < 1.29 is 14.7 Å². The summed E-state index contributed by atoms with van der Waals surface area (Å²) >= 11 is 0. The number of carboxylic acid groups (broad SMARTS) is 1. The lowest BCUT2D eigenvalue weighted by Gasteiger charge is -2.36. The maximum absolute atomic E-state index is 13.7. The third-order valence-electron chi connectivity index (χ3n) is 6.01. The van der Waals surface area contributed by atoms with Crippen molar-refractivity contribution in [2.45, 2.75) is 44.8 Å². The van der Waals surface area contributed by atoms with Gasteiger partial charge in [-0.1, -0.05) is 97.9 Å². The second-order valence-corrected chi connectivity index (χ2v) is 8.79. The number of nitrogens with one attached hydrogen (secondary N) is 1. The van der Waals surface area contributed by atoms with E-state index in [-0.39, 0.29) is 18.4 Å². The zero-order valence-electron chi connectivity index (χ0n) is 20.5. The highest BCUT2D eigenvalue weighted by atomic mass is 16.4. The highest BCUT2D eigenvalue weighted by Gasteiger charge is 2.30. The standard InChI is InChI=1S/C29H35N3O3/c1-3-32(30-26(21-28(33)34)19-23-13-7-4-8-14-23)27(20-24-15-9-5-10-16-24)29(35)31(2)22-25-17-11-6-12-18-25/h4-18,26-27,30H,3,19-22H2,1-2H3,(H,33,34)/t26-,27-/m0/s1. The van der Waals surface area contributed by atoms with Crippen molar-refractivity contribution >= 4 is 11.9 Å². The number of hydrazine groups is 1. The van der Waals surface area contributed by atoms with E-state index in [4.69, 9.17) is 0 Å². The second-order valence-electron chi connectivity index (χ2n) is 8.79. The van der Waals surface area contributed by atoms with Gasteiger partial charge in [-0.3, -0.25) is 15.0 Å². The van der Waals surface area contributed by atoms with Gasteiger partial charge in [0.25, 0.3) is 0 Å². The predicted octanol–water partition coefficient (Wildman–Crippen LogP) is 4.17. The number of amides is 1. The Balaban J connectivity index is 1.83. The van der Waals surface area contributed by atoms with E-state index in [2.05, 4.69) is 5.43 Å². The second kappa shape index (κ2) is 13.4. The molecule has 0 radical (unpaired) electrons. The molecular formula is C29H35N3O3. The minimum absolute atomic E-state index is 0.0131. The number of hydrogen-bond acceptors (Lipinski definition) is 4. The average Bonchev–Trinajstić information content (AvgIpc) is 2.87. The number of likely N-dealkylation sites (N-methyl/N-ethyl adjacent to an activating group) is 2. The zero-order valence-corrected chi connectivity index (χ0v) is 20.5. The Bertz CT molecular complexity index is 1040. The zero-order chi connectivity index (χ0) is 25.0. The first-order valence-corrected chi connectivity index (χ1v) is 12.1. The Hall–Kier alpha value is -3.48. The summed E-state index contributed by atoms with van der Waals surface area (Å²) in [6.07, 6.45) is 1.03. The molecule has 3 aromatic carbocycles. The molecule has 2 atom stereocenters. The van der Waals surface area contributed by atoms with Crippen LogP contribution in [0.3, 0.4) is 0 Å². The van der Waals surface area contributed by atoms with Gasteiger partial charge in [-0.2, -0.15) is 0 Å². The van der Waals surface area contributed by atoms with Gasteiger partial charge < -0.3 is 10.0 Å². The van der Waals surface area contributed by atoms with Crippen molar-refractivity contribution in [1.82, 2.24) is 15.3 Å². The number of carbonyl (C=O) groups excluding carboxylic acids is 1. The van der Waals surface area contributed by atoms with Gasteiger partial charge in [0.1, 0.15) is 6.04 Å². The number of benzene rings is 3. The van der Waals surface area contributed by atoms with E-state index >= 15 is 0 Å². The van der Waals surface area contributed by atoms with Gasteiger partial charge in [0.2, 0.25) is 5.91 Å².